The number of hydrogen-bond donors (Lipinski definition) is 1. The van der Waals surface area contributed by atoms with Gasteiger partial charge in [0.2, 0.25) is 0 Å². The molecule has 1 aromatic heterocycles. The molecule has 1 aliphatic rings. The van der Waals surface area contributed by atoms with Gasteiger partial charge in [-0.2, -0.15) is 13.2 Å². The quantitative estimate of drug-likeness (QED) is 0.428. The summed E-state index contributed by atoms with van der Waals surface area (Å²) in [5.74, 6) is -1.24. The number of ether oxygens (including phenoxy) is 1. The molecule has 1 fully saturated rings. The summed E-state index contributed by atoms with van der Waals surface area (Å²) in [6, 6.07) is 11.9. The van der Waals surface area contributed by atoms with E-state index in [4.69, 9.17) is 4.74 Å². The number of para-hydroxylation sites is 1. The Bertz CT molecular complexity index is 1370. The maximum absolute atomic E-state index is 13.6. The minimum Gasteiger partial charge on any atom is -0.497 e. The number of urea groups is 1. The van der Waals surface area contributed by atoms with Gasteiger partial charge in [0.1, 0.15) is 11.3 Å². The number of barbiturate groups is 1. The number of anilines is 1. The van der Waals surface area contributed by atoms with Gasteiger partial charge < -0.3 is 9.30 Å². The van der Waals surface area contributed by atoms with Gasteiger partial charge in [-0.1, -0.05) is 12.1 Å². The molecular formula is C25H20F3N3O4. The molecule has 0 unspecified atom stereocenters. The minimum absolute atomic E-state index is 0.0749. The van der Waals surface area contributed by atoms with E-state index in [9.17, 15) is 27.6 Å². The molecule has 0 atom stereocenters. The fourth-order valence-electron chi connectivity index (χ4n) is 3.99. The van der Waals surface area contributed by atoms with E-state index in [0.717, 1.165) is 11.0 Å². The Balaban J connectivity index is 1.78. The van der Waals surface area contributed by atoms with Crippen LogP contribution < -0.4 is 15.0 Å². The van der Waals surface area contributed by atoms with Crippen LogP contribution in [0.3, 0.4) is 0 Å². The Morgan fingerprint density at radius 1 is 0.971 bits per heavy atom. The van der Waals surface area contributed by atoms with Crippen LogP contribution in [0.5, 0.6) is 5.75 Å². The van der Waals surface area contributed by atoms with Crippen LogP contribution >= 0.6 is 0 Å². The van der Waals surface area contributed by atoms with Crippen molar-refractivity contribution in [2.45, 2.75) is 20.0 Å². The number of nitrogens with zero attached hydrogens (tertiary/aromatic N) is 2. The van der Waals surface area contributed by atoms with E-state index >= 15 is 0 Å². The lowest BCUT2D eigenvalue weighted by molar-refractivity contribution is -0.137. The van der Waals surface area contributed by atoms with Gasteiger partial charge in [-0.05, 0) is 68.0 Å². The zero-order valence-electron chi connectivity index (χ0n) is 18.9. The first kappa shape index (κ1) is 23.8. The first-order valence-electron chi connectivity index (χ1n) is 10.4. The molecule has 3 aromatic rings. The van der Waals surface area contributed by atoms with Crippen molar-refractivity contribution in [3.63, 3.8) is 0 Å². The molecule has 0 spiro atoms. The molecule has 1 aliphatic heterocycles. The molecule has 10 heteroatoms. The SMILES string of the molecule is COc1ccc(N2C(=O)NC(=O)/C(=C/c3cc(C)n(-c4ccccc4C(F)(F)F)c3C)C2=O)cc1. The van der Waals surface area contributed by atoms with Crippen LogP contribution in [0.2, 0.25) is 0 Å². The molecule has 35 heavy (non-hydrogen) atoms. The van der Waals surface area contributed by atoms with Gasteiger partial charge in [0.25, 0.3) is 11.8 Å². The molecule has 0 bridgehead atoms. The first-order chi connectivity index (χ1) is 16.5. The van der Waals surface area contributed by atoms with Crippen LogP contribution in [0.15, 0.2) is 60.2 Å². The van der Waals surface area contributed by atoms with E-state index in [1.165, 1.54) is 48.1 Å². The van der Waals surface area contributed by atoms with Gasteiger partial charge in [-0.3, -0.25) is 14.9 Å². The lowest BCUT2D eigenvalue weighted by atomic mass is 10.1. The maximum atomic E-state index is 13.6. The number of carbonyl (C=O) groups is 3. The summed E-state index contributed by atoms with van der Waals surface area (Å²) >= 11 is 0. The minimum atomic E-state index is -4.57. The highest BCUT2D eigenvalue weighted by Crippen LogP contribution is 2.36. The second kappa shape index (κ2) is 8.79. The van der Waals surface area contributed by atoms with Gasteiger partial charge >= 0.3 is 12.2 Å². The second-order valence-electron chi connectivity index (χ2n) is 7.83. The van der Waals surface area contributed by atoms with E-state index < -0.39 is 29.6 Å². The standard InChI is InChI=1S/C25H20F3N3O4/c1-14-12-16(15(2)30(14)21-7-5-4-6-20(21)25(26,27)28)13-19-22(32)29-24(34)31(23(19)33)17-8-10-18(35-3)11-9-17/h4-13H,1-3H3,(H,29,32,34)/b19-13-. The summed E-state index contributed by atoms with van der Waals surface area (Å²) in [5.41, 5.74) is 0.221. The molecule has 0 radical (unpaired) electrons. The lowest BCUT2D eigenvalue weighted by Crippen LogP contribution is -2.54. The Morgan fingerprint density at radius 3 is 2.26 bits per heavy atom. The van der Waals surface area contributed by atoms with Crippen molar-refractivity contribution in [1.82, 2.24) is 9.88 Å². The number of carbonyl (C=O) groups excluding carboxylic acids is 3. The zero-order valence-corrected chi connectivity index (χ0v) is 18.9. The smallest absolute Gasteiger partial charge is 0.418 e. The van der Waals surface area contributed by atoms with Crippen molar-refractivity contribution in [1.29, 1.82) is 0 Å². The van der Waals surface area contributed by atoms with E-state index in [1.807, 2.05) is 0 Å². The number of halogens is 3. The largest absolute Gasteiger partial charge is 0.497 e. The number of aryl methyl sites for hydroxylation is 1. The van der Waals surface area contributed by atoms with Crippen molar-refractivity contribution in [2.75, 3.05) is 12.0 Å². The van der Waals surface area contributed by atoms with Crippen molar-refractivity contribution >= 4 is 29.6 Å². The second-order valence-corrected chi connectivity index (χ2v) is 7.83. The molecule has 4 amide bonds. The highest BCUT2D eigenvalue weighted by Gasteiger charge is 2.37. The molecule has 1 N–H and O–H groups in total. The van der Waals surface area contributed by atoms with Gasteiger partial charge in [0.05, 0.1) is 24.0 Å². The van der Waals surface area contributed by atoms with Crippen molar-refractivity contribution in [3.8, 4) is 11.4 Å². The number of nitrogens with one attached hydrogen (secondary N) is 1. The number of aromatic nitrogens is 1. The number of alkyl halides is 3. The molecule has 1 saturated heterocycles. The third kappa shape index (κ3) is 4.30. The Hall–Kier alpha value is -4.34. The van der Waals surface area contributed by atoms with E-state index in [-0.39, 0.29) is 16.9 Å². The monoisotopic (exact) mass is 483 g/mol. The van der Waals surface area contributed by atoms with Crippen LogP contribution in [0.25, 0.3) is 11.8 Å². The van der Waals surface area contributed by atoms with Gasteiger partial charge in [0, 0.05) is 11.4 Å². The number of methoxy groups -OCH3 is 1. The summed E-state index contributed by atoms with van der Waals surface area (Å²) in [4.78, 5) is 38.9. The van der Waals surface area contributed by atoms with Crippen LogP contribution in [-0.2, 0) is 15.8 Å². The molecule has 2 aromatic carbocycles. The van der Waals surface area contributed by atoms with Crippen LogP contribution in [0.1, 0.15) is 22.5 Å². The summed E-state index contributed by atoms with van der Waals surface area (Å²) in [6.45, 7) is 3.21. The average molecular weight is 483 g/mol. The predicted octanol–water partition coefficient (Wildman–Crippen LogP) is 4.79. The van der Waals surface area contributed by atoms with E-state index in [2.05, 4.69) is 5.32 Å². The Morgan fingerprint density at radius 2 is 1.63 bits per heavy atom. The Labute approximate surface area is 198 Å². The number of hydrogen-bond acceptors (Lipinski definition) is 4. The van der Waals surface area contributed by atoms with E-state index in [1.54, 1.807) is 32.0 Å². The van der Waals surface area contributed by atoms with Gasteiger partial charge in [-0.25, -0.2) is 9.69 Å². The fraction of sp³-hybridized carbons (Fsp3) is 0.160. The van der Waals surface area contributed by atoms with Crippen molar-refractivity contribution in [3.05, 3.63) is 82.7 Å². The summed E-state index contributed by atoms with van der Waals surface area (Å²) in [5, 5.41) is 2.13. The first-order valence-corrected chi connectivity index (χ1v) is 10.4. The Kier molecular flexibility index (Phi) is 5.98. The summed E-state index contributed by atoms with van der Waals surface area (Å²) < 4.78 is 47.3. The molecule has 0 aliphatic carbocycles. The molecule has 2 heterocycles. The fourth-order valence-corrected chi connectivity index (χ4v) is 3.99. The normalized spacial score (nSPS) is 15.5. The molecule has 7 nitrogen and oxygen atoms in total. The van der Waals surface area contributed by atoms with Crippen LogP contribution in [0.4, 0.5) is 23.7 Å². The van der Waals surface area contributed by atoms with Crippen LogP contribution in [-0.4, -0.2) is 29.5 Å². The maximum Gasteiger partial charge on any atom is 0.418 e. The average Bonchev–Trinajstić information content (AvgIpc) is 3.09. The molecule has 180 valence electrons. The van der Waals surface area contributed by atoms with Gasteiger partial charge in [-0.15, -0.1) is 0 Å². The number of benzene rings is 2. The van der Waals surface area contributed by atoms with Crippen molar-refractivity contribution < 1.29 is 32.3 Å². The molecule has 0 saturated carbocycles. The predicted molar refractivity (Wildman–Crippen MR) is 122 cm³/mol. The highest BCUT2D eigenvalue weighted by atomic mass is 19.4. The van der Waals surface area contributed by atoms with Crippen LogP contribution in [0, 0.1) is 13.8 Å². The molecular weight excluding hydrogens is 463 g/mol. The van der Waals surface area contributed by atoms with E-state index in [0.29, 0.717) is 22.7 Å². The van der Waals surface area contributed by atoms with Gasteiger partial charge in [0.15, 0.2) is 0 Å². The summed E-state index contributed by atoms with van der Waals surface area (Å²) in [6.07, 6.45) is -3.30. The summed E-state index contributed by atoms with van der Waals surface area (Å²) in [7, 11) is 1.47. The lowest BCUT2D eigenvalue weighted by Gasteiger charge is -2.26. The number of amides is 4. The third-order valence-corrected chi connectivity index (χ3v) is 5.65. The van der Waals surface area contributed by atoms with Crippen molar-refractivity contribution in [2.24, 2.45) is 0 Å². The highest BCUT2D eigenvalue weighted by molar-refractivity contribution is 6.39. The number of rotatable bonds is 4. The molecule has 4 rings (SSSR count). The number of imide groups is 2. The topological polar surface area (TPSA) is 80.6 Å². The third-order valence-electron chi connectivity index (χ3n) is 5.65. The zero-order chi connectivity index (χ0) is 25.5.